The van der Waals surface area contributed by atoms with Gasteiger partial charge in [-0.15, -0.1) is 0 Å². The van der Waals surface area contributed by atoms with Crippen molar-refractivity contribution in [3.63, 3.8) is 0 Å². The van der Waals surface area contributed by atoms with Crippen molar-refractivity contribution >= 4 is 28.8 Å². The first-order chi connectivity index (χ1) is 5.80. The Balaban J connectivity index is 2.31. The molecule has 0 bridgehead atoms. The molecule has 1 aliphatic heterocycles. The summed E-state index contributed by atoms with van der Waals surface area (Å²) in [4.78, 5) is 11.4. The van der Waals surface area contributed by atoms with Crippen molar-refractivity contribution in [3.8, 4) is 0 Å². The van der Waals surface area contributed by atoms with Gasteiger partial charge in [0.1, 0.15) is 0 Å². The number of carbonyl (C=O) groups is 1. The third-order valence-corrected chi connectivity index (χ3v) is 3.29. The summed E-state index contributed by atoms with van der Waals surface area (Å²) in [6.07, 6.45) is 8.19. The van der Waals surface area contributed by atoms with Crippen LogP contribution in [0, 0.1) is 0 Å². The minimum atomic E-state index is 0.317. The Morgan fingerprint density at radius 1 is 1.00 bits per heavy atom. The third kappa shape index (κ3) is 3.74. The van der Waals surface area contributed by atoms with Crippen LogP contribution in [-0.2, 0) is 4.79 Å². The molecule has 2 nitrogen and oxygen atoms in total. The van der Waals surface area contributed by atoms with Gasteiger partial charge >= 0.3 is 0 Å². The molecule has 1 heterocycles. The maximum atomic E-state index is 11.4. The third-order valence-electron chi connectivity index (χ3n) is 2.27. The molecule has 0 atom stereocenters. The van der Waals surface area contributed by atoms with E-state index in [-0.39, 0.29) is 0 Å². The number of nitrogens with zero attached hydrogens (tertiary/aromatic N) is 1. The first-order valence-electron chi connectivity index (χ1n) is 4.77. The van der Waals surface area contributed by atoms with Gasteiger partial charge in [0.05, 0.1) is 22.9 Å². The number of amides is 1. The Labute approximate surface area is 88.2 Å². The van der Waals surface area contributed by atoms with E-state index < -0.39 is 0 Å². The largest absolute Gasteiger partial charge is 0.285 e. The second-order valence-electron chi connectivity index (χ2n) is 3.35. The highest BCUT2D eigenvalue weighted by molar-refractivity contribution is 14.1. The summed E-state index contributed by atoms with van der Waals surface area (Å²) in [6, 6.07) is 0. The average Bonchev–Trinajstić information content (AvgIpc) is 2.08. The van der Waals surface area contributed by atoms with Gasteiger partial charge in [0.2, 0.25) is 5.91 Å². The van der Waals surface area contributed by atoms with Crippen molar-refractivity contribution in [1.82, 2.24) is 3.11 Å². The van der Waals surface area contributed by atoms with Gasteiger partial charge in [-0.05, 0) is 12.8 Å². The van der Waals surface area contributed by atoms with Gasteiger partial charge < -0.3 is 0 Å². The van der Waals surface area contributed by atoms with E-state index in [0.29, 0.717) is 5.91 Å². The average molecular weight is 281 g/mol. The van der Waals surface area contributed by atoms with E-state index in [1.165, 1.54) is 32.1 Å². The van der Waals surface area contributed by atoms with Crippen molar-refractivity contribution in [2.45, 2.75) is 44.9 Å². The molecule has 12 heavy (non-hydrogen) atoms. The molecule has 1 aliphatic rings. The van der Waals surface area contributed by atoms with Gasteiger partial charge in [0, 0.05) is 13.0 Å². The van der Waals surface area contributed by atoms with E-state index >= 15 is 0 Å². The highest BCUT2D eigenvalue weighted by Crippen LogP contribution is 2.14. The number of hydrogen-bond donors (Lipinski definition) is 0. The number of rotatable bonds is 0. The fourth-order valence-corrected chi connectivity index (χ4v) is 2.06. The summed E-state index contributed by atoms with van der Waals surface area (Å²) in [5, 5.41) is 0. The Morgan fingerprint density at radius 3 is 2.33 bits per heavy atom. The molecule has 0 unspecified atom stereocenters. The van der Waals surface area contributed by atoms with Gasteiger partial charge in [-0.2, -0.15) is 0 Å². The van der Waals surface area contributed by atoms with E-state index in [2.05, 4.69) is 22.9 Å². The first-order valence-corrected chi connectivity index (χ1v) is 5.73. The van der Waals surface area contributed by atoms with Crippen molar-refractivity contribution in [2.24, 2.45) is 0 Å². The predicted molar refractivity (Wildman–Crippen MR) is 58.1 cm³/mol. The van der Waals surface area contributed by atoms with Crippen molar-refractivity contribution in [2.75, 3.05) is 6.54 Å². The van der Waals surface area contributed by atoms with Crippen molar-refractivity contribution in [1.29, 1.82) is 0 Å². The molecule has 1 rings (SSSR count). The van der Waals surface area contributed by atoms with Crippen LogP contribution in [0.5, 0.6) is 0 Å². The molecule has 0 spiro atoms. The van der Waals surface area contributed by atoms with Gasteiger partial charge in [0.25, 0.3) is 0 Å². The summed E-state index contributed by atoms with van der Waals surface area (Å²) < 4.78 is 1.85. The molecule has 0 saturated carbocycles. The molecule has 70 valence electrons. The van der Waals surface area contributed by atoms with Crippen LogP contribution in [0.1, 0.15) is 44.9 Å². The fraction of sp³-hybridized carbons (Fsp3) is 0.889. The number of hydrogen-bond acceptors (Lipinski definition) is 1. The van der Waals surface area contributed by atoms with E-state index in [1.807, 2.05) is 3.11 Å². The maximum absolute atomic E-state index is 11.4. The smallest absolute Gasteiger partial charge is 0.231 e. The van der Waals surface area contributed by atoms with Crippen LogP contribution >= 0.6 is 22.9 Å². The normalized spacial score (nSPS) is 22.4. The zero-order chi connectivity index (χ0) is 8.81. The fourth-order valence-electron chi connectivity index (χ4n) is 1.48. The van der Waals surface area contributed by atoms with Crippen LogP contribution in [0.4, 0.5) is 0 Å². The molecule has 0 N–H and O–H groups in total. The quantitative estimate of drug-likeness (QED) is 0.494. The van der Waals surface area contributed by atoms with Crippen molar-refractivity contribution in [3.05, 3.63) is 0 Å². The molecule has 1 amide bonds. The summed E-state index contributed by atoms with van der Waals surface area (Å²) in [5.41, 5.74) is 0. The van der Waals surface area contributed by atoms with Crippen LogP contribution in [0.2, 0.25) is 0 Å². The van der Waals surface area contributed by atoms with Crippen LogP contribution in [0.25, 0.3) is 0 Å². The molecule has 0 aromatic heterocycles. The topological polar surface area (TPSA) is 20.3 Å². The Hall–Kier alpha value is 0.200. The lowest BCUT2D eigenvalue weighted by Crippen LogP contribution is -2.21. The van der Waals surface area contributed by atoms with E-state index in [4.69, 9.17) is 0 Å². The molecule has 0 radical (unpaired) electrons. The SMILES string of the molecule is O=C1CCCCCCCCN1I. The molecular weight excluding hydrogens is 265 g/mol. The molecule has 3 heteroatoms. The Bertz CT molecular complexity index is 149. The van der Waals surface area contributed by atoms with Gasteiger partial charge in [0.15, 0.2) is 0 Å². The predicted octanol–water partition coefficient (Wildman–Crippen LogP) is 2.91. The molecule has 0 aliphatic carbocycles. The molecule has 1 saturated heterocycles. The van der Waals surface area contributed by atoms with E-state index in [9.17, 15) is 4.79 Å². The van der Waals surface area contributed by atoms with Crippen LogP contribution in [0.15, 0.2) is 0 Å². The highest BCUT2D eigenvalue weighted by atomic mass is 127. The molecule has 0 aromatic rings. The lowest BCUT2D eigenvalue weighted by molar-refractivity contribution is -0.125. The van der Waals surface area contributed by atoms with E-state index in [0.717, 1.165) is 19.4 Å². The van der Waals surface area contributed by atoms with Crippen molar-refractivity contribution < 1.29 is 4.79 Å². The molecular formula is C9H16INO. The lowest BCUT2D eigenvalue weighted by atomic mass is 10.1. The maximum Gasteiger partial charge on any atom is 0.231 e. The highest BCUT2D eigenvalue weighted by Gasteiger charge is 2.10. The van der Waals surface area contributed by atoms with Gasteiger partial charge in [-0.3, -0.25) is 7.91 Å². The summed E-state index contributed by atoms with van der Waals surface area (Å²) >= 11 is 2.14. The summed E-state index contributed by atoms with van der Waals surface area (Å²) in [6.45, 7) is 0.944. The van der Waals surface area contributed by atoms with E-state index in [1.54, 1.807) is 0 Å². The lowest BCUT2D eigenvalue weighted by Gasteiger charge is -2.15. The van der Waals surface area contributed by atoms with Gasteiger partial charge in [-0.25, -0.2) is 0 Å². The second kappa shape index (κ2) is 5.78. The molecule has 0 aromatic carbocycles. The summed E-state index contributed by atoms with van der Waals surface area (Å²) in [5.74, 6) is 0.317. The first kappa shape index (κ1) is 10.3. The monoisotopic (exact) mass is 281 g/mol. The zero-order valence-electron chi connectivity index (χ0n) is 7.39. The zero-order valence-corrected chi connectivity index (χ0v) is 9.55. The summed E-state index contributed by atoms with van der Waals surface area (Å²) in [7, 11) is 0. The van der Waals surface area contributed by atoms with Crippen LogP contribution in [-0.4, -0.2) is 15.6 Å². The Morgan fingerprint density at radius 2 is 1.58 bits per heavy atom. The minimum Gasteiger partial charge on any atom is -0.285 e. The standard InChI is InChI=1S/C9H16INO/c10-11-8-6-4-2-1-3-5-7-9(11)12/h1-8H2. The molecule has 1 fully saturated rings. The second-order valence-corrected chi connectivity index (χ2v) is 4.52. The van der Waals surface area contributed by atoms with Crippen LogP contribution in [0.3, 0.4) is 0 Å². The Kier molecular flexibility index (Phi) is 4.95. The number of carbonyl (C=O) groups excluding carboxylic acids is 1. The minimum absolute atomic E-state index is 0.317. The number of halogens is 1. The van der Waals surface area contributed by atoms with Crippen LogP contribution < -0.4 is 0 Å². The van der Waals surface area contributed by atoms with Gasteiger partial charge in [-0.1, -0.05) is 25.7 Å².